The van der Waals surface area contributed by atoms with Gasteiger partial charge >= 0.3 is 0 Å². The summed E-state index contributed by atoms with van der Waals surface area (Å²) in [5.74, 6) is 0. The van der Waals surface area contributed by atoms with Crippen molar-refractivity contribution in [2.75, 3.05) is 6.54 Å². The fourth-order valence-corrected chi connectivity index (χ4v) is 2.82. The van der Waals surface area contributed by atoms with Crippen molar-refractivity contribution in [1.29, 1.82) is 0 Å². The molecule has 0 spiro atoms. The van der Waals surface area contributed by atoms with E-state index >= 15 is 0 Å². The number of hydrogen-bond acceptors (Lipinski definition) is 5. The van der Waals surface area contributed by atoms with Gasteiger partial charge in [-0.3, -0.25) is 0 Å². The lowest BCUT2D eigenvalue weighted by molar-refractivity contribution is 0.174. The van der Waals surface area contributed by atoms with Gasteiger partial charge in [0.15, 0.2) is 0 Å². The molecule has 0 bridgehead atoms. The van der Waals surface area contributed by atoms with Crippen LogP contribution < -0.4 is 5.32 Å². The lowest BCUT2D eigenvalue weighted by atomic mass is 10.1. The van der Waals surface area contributed by atoms with E-state index in [1.807, 2.05) is 47.2 Å². The number of rotatable bonds is 6. The molecule has 21 heavy (non-hydrogen) atoms. The van der Waals surface area contributed by atoms with Gasteiger partial charge in [0.05, 0.1) is 6.10 Å². The highest BCUT2D eigenvalue weighted by atomic mass is 32.1. The monoisotopic (exact) mass is 300 g/mol. The van der Waals surface area contributed by atoms with E-state index in [1.165, 1.54) is 0 Å². The number of aromatic nitrogens is 3. The zero-order chi connectivity index (χ0) is 14.5. The molecule has 2 aromatic heterocycles. The fourth-order valence-electron chi connectivity index (χ4n) is 2.11. The summed E-state index contributed by atoms with van der Waals surface area (Å²) in [5, 5.41) is 28.2. The van der Waals surface area contributed by atoms with Crippen LogP contribution in [-0.4, -0.2) is 27.1 Å². The third-order valence-electron chi connectivity index (χ3n) is 3.23. The number of H-pyrrole nitrogens is 1. The molecule has 0 saturated heterocycles. The number of hydrogen-bond donors (Lipinski definition) is 3. The molecule has 1 aromatic carbocycles. The minimum atomic E-state index is -0.497. The van der Waals surface area contributed by atoms with Crippen molar-refractivity contribution in [3.8, 4) is 11.3 Å². The molecule has 0 aliphatic heterocycles. The van der Waals surface area contributed by atoms with E-state index in [9.17, 15) is 5.11 Å². The fraction of sp³-hybridized carbons (Fsp3) is 0.200. The molecular weight excluding hydrogens is 284 g/mol. The predicted octanol–water partition coefficient (Wildman–Crippen LogP) is 2.36. The molecule has 0 amide bonds. The van der Waals surface area contributed by atoms with Crippen molar-refractivity contribution in [1.82, 2.24) is 20.7 Å². The van der Waals surface area contributed by atoms with Gasteiger partial charge in [-0.15, -0.1) is 0 Å². The third kappa shape index (κ3) is 3.36. The molecule has 0 aliphatic carbocycles. The average Bonchev–Trinajstić information content (AvgIpc) is 3.20. The van der Waals surface area contributed by atoms with Gasteiger partial charge < -0.3 is 10.4 Å². The molecule has 1 atom stereocenters. The highest BCUT2D eigenvalue weighted by Crippen LogP contribution is 2.19. The first-order valence-corrected chi connectivity index (χ1v) is 7.65. The summed E-state index contributed by atoms with van der Waals surface area (Å²) >= 11 is 1.58. The van der Waals surface area contributed by atoms with Crippen molar-refractivity contribution >= 4 is 11.3 Å². The summed E-state index contributed by atoms with van der Waals surface area (Å²) < 4.78 is 0. The maximum Gasteiger partial charge on any atom is 0.117 e. The van der Waals surface area contributed by atoms with Gasteiger partial charge in [-0.2, -0.15) is 26.7 Å². The smallest absolute Gasteiger partial charge is 0.117 e. The summed E-state index contributed by atoms with van der Waals surface area (Å²) in [4.78, 5) is 0. The van der Waals surface area contributed by atoms with Gasteiger partial charge in [0.2, 0.25) is 0 Å². The lowest BCUT2D eigenvalue weighted by Gasteiger charge is -2.09. The second-order valence-electron chi connectivity index (χ2n) is 4.69. The number of thiophene rings is 1. The molecule has 0 radical (unpaired) electrons. The molecular formula is C15H16N4OS. The first kappa shape index (κ1) is 13.9. The zero-order valence-corrected chi connectivity index (χ0v) is 12.2. The van der Waals surface area contributed by atoms with Gasteiger partial charge in [-0.05, 0) is 22.4 Å². The van der Waals surface area contributed by atoms with Crippen LogP contribution in [0.2, 0.25) is 0 Å². The predicted molar refractivity (Wildman–Crippen MR) is 82.8 cm³/mol. The summed E-state index contributed by atoms with van der Waals surface area (Å²) in [6.07, 6.45) is -0.497. The summed E-state index contributed by atoms with van der Waals surface area (Å²) in [6, 6.07) is 11.9. The molecule has 108 valence electrons. The third-order valence-corrected chi connectivity index (χ3v) is 3.93. The lowest BCUT2D eigenvalue weighted by Crippen LogP contribution is -2.21. The number of aliphatic hydroxyl groups excluding tert-OH is 1. The number of benzene rings is 1. The van der Waals surface area contributed by atoms with Crippen LogP contribution in [0.25, 0.3) is 11.3 Å². The molecule has 6 heteroatoms. The molecule has 0 fully saturated rings. The zero-order valence-electron chi connectivity index (χ0n) is 11.4. The van der Waals surface area contributed by atoms with E-state index in [0.29, 0.717) is 13.1 Å². The second kappa shape index (κ2) is 6.62. The Hall–Kier alpha value is -2.02. The highest BCUT2D eigenvalue weighted by Gasteiger charge is 2.11. The van der Waals surface area contributed by atoms with E-state index in [0.717, 1.165) is 22.5 Å². The quantitative estimate of drug-likeness (QED) is 0.653. The van der Waals surface area contributed by atoms with E-state index in [-0.39, 0.29) is 0 Å². The first-order chi connectivity index (χ1) is 10.3. The first-order valence-electron chi connectivity index (χ1n) is 6.70. The Morgan fingerprint density at radius 1 is 1.19 bits per heavy atom. The van der Waals surface area contributed by atoms with E-state index in [1.54, 1.807) is 11.3 Å². The Labute approximate surface area is 126 Å². The Morgan fingerprint density at radius 2 is 2.05 bits per heavy atom. The van der Waals surface area contributed by atoms with E-state index in [2.05, 4.69) is 20.7 Å². The molecule has 2 heterocycles. The Bertz CT molecular complexity index is 666. The molecule has 3 N–H and O–H groups in total. The molecule has 3 aromatic rings. The largest absolute Gasteiger partial charge is 0.387 e. The van der Waals surface area contributed by atoms with E-state index < -0.39 is 6.10 Å². The standard InChI is InChI=1S/C15H16N4OS/c20-14(12-6-7-21-10-12)9-16-8-13-15(18-19-17-13)11-4-2-1-3-5-11/h1-7,10,14,16,20H,8-9H2,(H,17,18,19). The summed E-state index contributed by atoms with van der Waals surface area (Å²) in [6.45, 7) is 1.04. The van der Waals surface area contributed by atoms with Crippen molar-refractivity contribution in [3.63, 3.8) is 0 Å². The molecule has 1 unspecified atom stereocenters. The van der Waals surface area contributed by atoms with Crippen molar-refractivity contribution in [3.05, 3.63) is 58.4 Å². The topological polar surface area (TPSA) is 73.8 Å². The van der Waals surface area contributed by atoms with Gasteiger partial charge in [-0.1, -0.05) is 30.3 Å². The second-order valence-corrected chi connectivity index (χ2v) is 5.47. The van der Waals surface area contributed by atoms with Gasteiger partial charge in [0, 0.05) is 18.7 Å². The molecule has 0 saturated carbocycles. The van der Waals surface area contributed by atoms with Gasteiger partial charge in [-0.25, -0.2) is 0 Å². The minimum absolute atomic E-state index is 0.484. The normalized spacial score (nSPS) is 12.4. The van der Waals surface area contributed by atoms with Crippen LogP contribution in [0.15, 0.2) is 47.2 Å². The van der Waals surface area contributed by atoms with Crippen molar-refractivity contribution < 1.29 is 5.11 Å². The van der Waals surface area contributed by atoms with Crippen LogP contribution in [0, 0.1) is 0 Å². The molecule has 3 rings (SSSR count). The average molecular weight is 300 g/mol. The van der Waals surface area contributed by atoms with Crippen LogP contribution in [0.3, 0.4) is 0 Å². The molecule has 5 nitrogen and oxygen atoms in total. The number of nitrogens with zero attached hydrogens (tertiary/aromatic N) is 2. The van der Waals surface area contributed by atoms with Crippen LogP contribution in [0.1, 0.15) is 17.4 Å². The number of nitrogens with one attached hydrogen (secondary N) is 2. The number of aliphatic hydroxyl groups is 1. The summed E-state index contributed by atoms with van der Waals surface area (Å²) in [5.41, 5.74) is 3.66. The number of aromatic amines is 1. The van der Waals surface area contributed by atoms with Crippen LogP contribution >= 0.6 is 11.3 Å². The maximum absolute atomic E-state index is 10.0. The SMILES string of the molecule is OC(CNCc1n[nH]nc1-c1ccccc1)c1ccsc1. The van der Waals surface area contributed by atoms with Crippen LogP contribution in [0.5, 0.6) is 0 Å². The maximum atomic E-state index is 10.0. The Balaban J connectivity index is 1.61. The van der Waals surface area contributed by atoms with Crippen molar-refractivity contribution in [2.24, 2.45) is 0 Å². The Morgan fingerprint density at radius 3 is 2.81 bits per heavy atom. The van der Waals surface area contributed by atoms with Crippen LogP contribution in [-0.2, 0) is 6.54 Å². The van der Waals surface area contributed by atoms with Crippen molar-refractivity contribution in [2.45, 2.75) is 12.6 Å². The van der Waals surface area contributed by atoms with Gasteiger partial charge in [0.25, 0.3) is 0 Å². The molecule has 0 aliphatic rings. The van der Waals surface area contributed by atoms with E-state index in [4.69, 9.17) is 0 Å². The summed E-state index contributed by atoms with van der Waals surface area (Å²) in [7, 11) is 0. The minimum Gasteiger partial charge on any atom is -0.387 e. The van der Waals surface area contributed by atoms with Gasteiger partial charge in [0.1, 0.15) is 11.4 Å². The van der Waals surface area contributed by atoms with Crippen LogP contribution in [0.4, 0.5) is 0 Å². The highest BCUT2D eigenvalue weighted by molar-refractivity contribution is 7.07. The Kier molecular flexibility index (Phi) is 4.40.